The van der Waals surface area contributed by atoms with Crippen molar-refractivity contribution in [1.82, 2.24) is 14.5 Å². The first kappa shape index (κ1) is 11.7. The molecule has 0 aliphatic carbocycles. The number of nitrogens with zero attached hydrogens (tertiary/aromatic N) is 3. The summed E-state index contributed by atoms with van der Waals surface area (Å²) in [6.07, 6.45) is 3.30. The minimum Gasteiger partial charge on any atom is -0.478 e. The molecule has 2 aromatic heterocycles. The van der Waals surface area contributed by atoms with Crippen molar-refractivity contribution >= 4 is 28.7 Å². The molecule has 0 atom stereocenters. The van der Waals surface area contributed by atoms with Crippen molar-refractivity contribution in [3.8, 4) is 5.69 Å². The normalized spacial score (nSPS) is 10.8. The Morgan fingerprint density at radius 1 is 1.26 bits per heavy atom. The van der Waals surface area contributed by atoms with Gasteiger partial charge in [-0.1, -0.05) is 11.6 Å². The van der Waals surface area contributed by atoms with Crippen LogP contribution in [0.5, 0.6) is 0 Å². The van der Waals surface area contributed by atoms with Gasteiger partial charge in [0.15, 0.2) is 5.65 Å². The lowest BCUT2D eigenvalue weighted by molar-refractivity contribution is 0.0697. The van der Waals surface area contributed by atoms with Crippen molar-refractivity contribution in [2.75, 3.05) is 0 Å². The Labute approximate surface area is 113 Å². The van der Waals surface area contributed by atoms with Crippen molar-refractivity contribution in [1.29, 1.82) is 0 Å². The Bertz CT molecular complexity index is 782. The van der Waals surface area contributed by atoms with Gasteiger partial charge in [-0.15, -0.1) is 0 Å². The SMILES string of the molecule is O=C(O)c1ccc(-n2cnc3cccnc32)cc1Cl. The van der Waals surface area contributed by atoms with Crippen molar-refractivity contribution in [3.63, 3.8) is 0 Å². The third-order valence-electron chi connectivity index (χ3n) is 2.77. The van der Waals surface area contributed by atoms with E-state index >= 15 is 0 Å². The van der Waals surface area contributed by atoms with E-state index in [1.54, 1.807) is 35.3 Å². The first-order valence-corrected chi connectivity index (χ1v) is 5.86. The molecular formula is C13H8ClN3O2. The van der Waals surface area contributed by atoms with E-state index in [4.69, 9.17) is 16.7 Å². The van der Waals surface area contributed by atoms with E-state index in [0.717, 1.165) is 11.2 Å². The van der Waals surface area contributed by atoms with Crippen LogP contribution in [-0.2, 0) is 0 Å². The Morgan fingerprint density at radius 2 is 2.11 bits per heavy atom. The largest absolute Gasteiger partial charge is 0.478 e. The number of pyridine rings is 1. The van der Waals surface area contributed by atoms with Crippen LogP contribution >= 0.6 is 11.6 Å². The number of benzene rings is 1. The van der Waals surface area contributed by atoms with Crippen LogP contribution in [0.3, 0.4) is 0 Å². The molecule has 1 aromatic carbocycles. The second-order valence-corrected chi connectivity index (χ2v) is 4.34. The van der Waals surface area contributed by atoms with Crippen LogP contribution in [0.1, 0.15) is 10.4 Å². The molecule has 0 spiro atoms. The number of aromatic carboxylic acids is 1. The van der Waals surface area contributed by atoms with Crippen molar-refractivity contribution in [2.45, 2.75) is 0 Å². The lowest BCUT2D eigenvalue weighted by Crippen LogP contribution is -2.00. The number of imidazole rings is 1. The summed E-state index contributed by atoms with van der Waals surface area (Å²) in [6.45, 7) is 0. The summed E-state index contributed by atoms with van der Waals surface area (Å²) in [5, 5.41) is 9.13. The quantitative estimate of drug-likeness (QED) is 0.779. The number of hydrogen-bond acceptors (Lipinski definition) is 3. The van der Waals surface area contributed by atoms with Crippen molar-refractivity contribution < 1.29 is 9.90 Å². The minimum absolute atomic E-state index is 0.0720. The standard InChI is InChI=1S/C13H8ClN3O2/c14-10-6-8(3-4-9(10)13(18)19)17-7-16-11-2-1-5-15-12(11)17/h1-7H,(H,18,19). The molecule has 6 heteroatoms. The number of carboxylic acids is 1. The number of rotatable bonds is 2. The van der Waals surface area contributed by atoms with Crippen LogP contribution in [0.4, 0.5) is 0 Å². The second kappa shape index (κ2) is 4.37. The molecule has 3 aromatic rings. The molecule has 0 aliphatic rings. The Morgan fingerprint density at radius 3 is 2.84 bits per heavy atom. The summed E-state index contributed by atoms with van der Waals surface area (Å²) in [5.41, 5.74) is 2.25. The van der Waals surface area contributed by atoms with Gasteiger partial charge in [-0.2, -0.15) is 0 Å². The lowest BCUT2D eigenvalue weighted by Gasteiger charge is -2.05. The van der Waals surface area contributed by atoms with E-state index < -0.39 is 5.97 Å². The highest BCUT2D eigenvalue weighted by atomic mass is 35.5. The summed E-state index contributed by atoms with van der Waals surface area (Å²) < 4.78 is 1.76. The van der Waals surface area contributed by atoms with Gasteiger partial charge in [-0.25, -0.2) is 14.8 Å². The Kier molecular flexibility index (Phi) is 2.68. The maximum Gasteiger partial charge on any atom is 0.337 e. The first-order valence-electron chi connectivity index (χ1n) is 5.48. The maximum atomic E-state index is 10.9. The highest BCUT2D eigenvalue weighted by Gasteiger charge is 2.11. The van der Waals surface area contributed by atoms with E-state index in [-0.39, 0.29) is 10.6 Å². The zero-order valence-electron chi connectivity index (χ0n) is 9.62. The number of carboxylic acid groups (broad SMARTS) is 1. The predicted octanol–water partition coefficient (Wildman–Crippen LogP) is 2.77. The molecule has 0 saturated carbocycles. The summed E-state index contributed by atoms with van der Waals surface area (Å²) in [5.74, 6) is -1.05. The van der Waals surface area contributed by atoms with Gasteiger partial charge in [-0.3, -0.25) is 4.57 Å². The molecule has 94 valence electrons. The highest BCUT2D eigenvalue weighted by molar-refractivity contribution is 6.33. The van der Waals surface area contributed by atoms with Crippen LogP contribution < -0.4 is 0 Å². The molecule has 3 rings (SSSR count). The fraction of sp³-hybridized carbons (Fsp3) is 0. The molecule has 0 aliphatic heterocycles. The van der Waals surface area contributed by atoms with E-state index in [9.17, 15) is 4.79 Å². The molecule has 0 amide bonds. The highest BCUT2D eigenvalue weighted by Crippen LogP contribution is 2.22. The molecule has 0 radical (unpaired) electrons. The molecule has 2 heterocycles. The summed E-state index contributed by atoms with van der Waals surface area (Å²) in [7, 11) is 0. The molecule has 1 N–H and O–H groups in total. The van der Waals surface area contributed by atoms with Crippen LogP contribution in [0.15, 0.2) is 42.9 Å². The smallest absolute Gasteiger partial charge is 0.337 e. The van der Waals surface area contributed by atoms with Gasteiger partial charge in [0.1, 0.15) is 11.8 Å². The van der Waals surface area contributed by atoms with Gasteiger partial charge < -0.3 is 5.11 Å². The van der Waals surface area contributed by atoms with Gasteiger partial charge in [0.2, 0.25) is 0 Å². The molecular weight excluding hydrogens is 266 g/mol. The third kappa shape index (κ3) is 1.94. The van der Waals surface area contributed by atoms with Gasteiger partial charge in [0, 0.05) is 6.20 Å². The second-order valence-electron chi connectivity index (χ2n) is 3.93. The van der Waals surface area contributed by atoms with Gasteiger partial charge >= 0.3 is 5.97 Å². The fourth-order valence-electron chi connectivity index (χ4n) is 1.87. The Balaban J connectivity index is 2.17. The fourth-order valence-corrected chi connectivity index (χ4v) is 2.12. The topological polar surface area (TPSA) is 68.0 Å². The number of carbonyl (C=O) groups is 1. The number of aromatic nitrogens is 3. The molecule has 0 fully saturated rings. The molecule has 0 saturated heterocycles. The van der Waals surface area contributed by atoms with Crippen molar-refractivity contribution in [3.05, 3.63) is 53.4 Å². The van der Waals surface area contributed by atoms with Crippen LogP contribution in [0, 0.1) is 0 Å². The Hall–Kier alpha value is -2.40. The van der Waals surface area contributed by atoms with E-state index in [1.165, 1.54) is 6.07 Å². The zero-order chi connectivity index (χ0) is 13.4. The van der Waals surface area contributed by atoms with E-state index in [0.29, 0.717) is 5.65 Å². The summed E-state index contributed by atoms with van der Waals surface area (Å²) >= 11 is 5.96. The van der Waals surface area contributed by atoms with Crippen molar-refractivity contribution in [2.24, 2.45) is 0 Å². The minimum atomic E-state index is -1.05. The maximum absolute atomic E-state index is 10.9. The summed E-state index contributed by atoms with van der Waals surface area (Å²) in [6, 6.07) is 8.38. The van der Waals surface area contributed by atoms with Gasteiger partial charge in [0.05, 0.1) is 16.3 Å². The number of fused-ring (bicyclic) bond motifs is 1. The van der Waals surface area contributed by atoms with Crippen LogP contribution in [-0.4, -0.2) is 25.6 Å². The van der Waals surface area contributed by atoms with E-state index in [2.05, 4.69) is 9.97 Å². The van der Waals surface area contributed by atoms with Gasteiger partial charge in [-0.05, 0) is 30.3 Å². The number of halogens is 1. The van der Waals surface area contributed by atoms with Gasteiger partial charge in [0.25, 0.3) is 0 Å². The lowest BCUT2D eigenvalue weighted by atomic mass is 10.2. The number of hydrogen-bond donors (Lipinski definition) is 1. The predicted molar refractivity (Wildman–Crippen MR) is 70.8 cm³/mol. The average molecular weight is 274 g/mol. The summed E-state index contributed by atoms with van der Waals surface area (Å²) in [4.78, 5) is 19.4. The molecule has 0 unspecified atom stereocenters. The average Bonchev–Trinajstić information content (AvgIpc) is 2.82. The van der Waals surface area contributed by atoms with Crippen LogP contribution in [0.25, 0.3) is 16.9 Å². The zero-order valence-corrected chi connectivity index (χ0v) is 10.4. The molecule has 5 nitrogen and oxygen atoms in total. The monoisotopic (exact) mass is 273 g/mol. The molecule has 0 bridgehead atoms. The molecule has 19 heavy (non-hydrogen) atoms. The first-order chi connectivity index (χ1) is 9.16. The third-order valence-corrected chi connectivity index (χ3v) is 3.08. The van der Waals surface area contributed by atoms with E-state index in [1.807, 2.05) is 6.07 Å². The van der Waals surface area contributed by atoms with Crippen LogP contribution in [0.2, 0.25) is 5.02 Å².